The molecule has 0 saturated carbocycles. The van der Waals surface area contributed by atoms with Crippen molar-refractivity contribution in [1.29, 1.82) is 0 Å². The van der Waals surface area contributed by atoms with E-state index < -0.39 is 12.7 Å². The number of nitrogens with zero attached hydrogens (tertiary/aromatic N) is 2. The monoisotopic (exact) mass is 270 g/mol. The van der Waals surface area contributed by atoms with Gasteiger partial charge in [0.1, 0.15) is 0 Å². The maximum Gasteiger partial charge on any atom is 0.401 e. The van der Waals surface area contributed by atoms with E-state index >= 15 is 0 Å². The fourth-order valence-corrected chi connectivity index (χ4v) is 2.10. The predicted octanol–water partition coefficient (Wildman–Crippen LogP) is 0.564. The predicted molar refractivity (Wildman–Crippen MR) is 61.4 cm³/mol. The second-order valence-corrected chi connectivity index (χ2v) is 4.57. The summed E-state index contributed by atoms with van der Waals surface area (Å²) in [7, 11) is 0. The normalized spacial score (nSPS) is 23.5. The summed E-state index contributed by atoms with van der Waals surface area (Å²) in [6.45, 7) is 4.17. The van der Waals surface area contributed by atoms with E-state index in [9.17, 15) is 13.2 Å². The molecular weight excluding hydrogens is 249 g/mol. The number of halogens is 3. The third-order valence-electron chi connectivity index (χ3n) is 3.02. The van der Waals surface area contributed by atoms with Gasteiger partial charge in [-0.05, 0) is 6.92 Å². The van der Waals surface area contributed by atoms with Gasteiger partial charge in [-0.1, -0.05) is 0 Å². The number of aliphatic hydroxyl groups excluding tert-OH is 1. The standard InChI is InChI=1S/C11H21F3N2O2/c1-10-8-15(4-6-18-7-5-17)2-3-16(10)9-11(12,13)14/h10,17H,2-9H2,1H3. The van der Waals surface area contributed by atoms with E-state index in [-0.39, 0.29) is 12.6 Å². The molecule has 0 spiro atoms. The fraction of sp³-hybridized carbons (Fsp3) is 1.00. The van der Waals surface area contributed by atoms with Gasteiger partial charge in [0.2, 0.25) is 0 Å². The summed E-state index contributed by atoms with van der Waals surface area (Å²) >= 11 is 0. The number of piperazine rings is 1. The molecule has 4 nitrogen and oxygen atoms in total. The number of hydrogen-bond donors (Lipinski definition) is 1. The van der Waals surface area contributed by atoms with Crippen molar-refractivity contribution in [2.75, 3.05) is 52.5 Å². The Morgan fingerprint density at radius 2 is 2.00 bits per heavy atom. The zero-order valence-electron chi connectivity index (χ0n) is 10.6. The van der Waals surface area contributed by atoms with E-state index in [0.717, 1.165) is 0 Å². The maximum absolute atomic E-state index is 12.3. The van der Waals surface area contributed by atoms with E-state index in [2.05, 4.69) is 4.90 Å². The van der Waals surface area contributed by atoms with Gasteiger partial charge in [-0.25, -0.2) is 0 Å². The van der Waals surface area contributed by atoms with E-state index in [1.807, 2.05) is 6.92 Å². The second-order valence-electron chi connectivity index (χ2n) is 4.57. The van der Waals surface area contributed by atoms with Crippen LogP contribution in [0.3, 0.4) is 0 Å². The Kier molecular flexibility index (Phi) is 6.34. The molecule has 1 heterocycles. The van der Waals surface area contributed by atoms with Crippen LogP contribution in [-0.2, 0) is 4.74 Å². The summed E-state index contributed by atoms with van der Waals surface area (Å²) in [6.07, 6.45) is -4.12. The lowest BCUT2D eigenvalue weighted by Crippen LogP contribution is -2.54. The highest BCUT2D eigenvalue weighted by Gasteiger charge is 2.34. The first-order valence-electron chi connectivity index (χ1n) is 6.14. The molecule has 1 saturated heterocycles. The third kappa shape index (κ3) is 5.99. The molecule has 0 bridgehead atoms. The molecule has 18 heavy (non-hydrogen) atoms. The molecule has 0 aromatic heterocycles. The summed E-state index contributed by atoms with van der Waals surface area (Å²) in [5.74, 6) is 0. The van der Waals surface area contributed by atoms with Gasteiger partial charge in [-0.15, -0.1) is 0 Å². The summed E-state index contributed by atoms with van der Waals surface area (Å²) in [5, 5.41) is 8.54. The second kappa shape index (κ2) is 7.28. The Hall–Kier alpha value is -0.370. The van der Waals surface area contributed by atoms with E-state index in [1.165, 1.54) is 4.90 Å². The summed E-state index contributed by atoms with van der Waals surface area (Å²) in [6, 6.07) is -0.0989. The van der Waals surface area contributed by atoms with Crippen molar-refractivity contribution in [2.24, 2.45) is 0 Å². The van der Waals surface area contributed by atoms with Gasteiger partial charge in [0.05, 0.1) is 26.4 Å². The Morgan fingerprint density at radius 3 is 2.56 bits per heavy atom. The van der Waals surface area contributed by atoms with Crippen LogP contribution in [0.5, 0.6) is 0 Å². The van der Waals surface area contributed by atoms with Gasteiger partial charge in [0, 0.05) is 32.2 Å². The highest BCUT2D eigenvalue weighted by atomic mass is 19.4. The highest BCUT2D eigenvalue weighted by molar-refractivity contribution is 4.80. The minimum atomic E-state index is -4.12. The fourth-order valence-electron chi connectivity index (χ4n) is 2.10. The molecular formula is C11H21F3N2O2. The topological polar surface area (TPSA) is 35.9 Å². The third-order valence-corrected chi connectivity index (χ3v) is 3.02. The number of alkyl halides is 3. The smallest absolute Gasteiger partial charge is 0.394 e. The van der Waals surface area contributed by atoms with Gasteiger partial charge in [-0.3, -0.25) is 9.80 Å². The lowest BCUT2D eigenvalue weighted by molar-refractivity contribution is -0.155. The van der Waals surface area contributed by atoms with Crippen molar-refractivity contribution in [3.63, 3.8) is 0 Å². The van der Waals surface area contributed by atoms with Crippen LogP contribution in [0, 0.1) is 0 Å². The molecule has 0 aromatic rings. The number of ether oxygens (including phenoxy) is 1. The van der Waals surface area contributed by atoms with Crippen molar-refractivity contribution in [1.82, 2.24) is 9.80 Å². The van der Waals surface area contributed by atoms with Crippen molar-refractivity contribution in [2.45, 2.75) is 19.1 Å². The van der Waals surface area contributed by atoms with Gasteiger partial charge in [0.25, 0.3) is 0 Å². The average molecular weight is 270 g/mol. The minimum absolute atomic E-state index is 0.00420. The van der Waals surface area contributed by atoms with E-state index in [0.29, 0.717) is 39.4 Å². The molecule has 1 rings (SSSR count). The Labute approximate surface area is 105 Å². The Balaban J connectivity index is 2.23. The first-order valence-corrected chi connectivity index (χ1v) is 6.14. The molecule has 0 aromatic carbocycles. The van der Waals surface area contributed by atoms with Gasteiger partial charge in [-0.2, -0.15) is 13.2 Å². The van der Waals surface area contributed by atoms with Gasteiger partial charge >= 0.3 is 6.18 Å². The van der Waals surface area contributed by atoms with Gasteiger partial charge < -0.3 is 9.84 Å². The Bertz CT molecular complexity index is 239. The van der Waals surface area contributed by atoms with Crippen LogP contribution >= 0.6 is 0 Å². The lowest BCUT2D eigenvalue weighted by atomic mass is 10.2. The van der Waals surface area contributed by atoms with Crippen LogP contribution in [0.15, 0.2) is 0 Å². The molecule has 1 aliphatic heterocycles. The molecule has 0 radical (unpaired) electrons. The van der Waals surface area contributed by atoms with Crippen molar-refractivity contribution in [3.05, 3.63) is 0 Å². The van der Waals surface area contributed by atoms with Crippen LogP contribution in [-0.4, -0.2) is 79.7 Å². The first kappa shape index (κ1) is 15.7. The average Bonchev–Trinajstić information content (AvgIpc) is 2.26. The molecule has 108 valence electrons. The van der Waals surface area contributed by atoms with Crippen LogP contribution in [0.1, 0.15) is 6.92 Å². The highest BCUT2D eigenvalue weighted by Crippen LogP contribution is 2.20. The zero-order valence-corrected chi connectivity index (χ0v) is 10.6. The molecule has 1 aliphatic rings. The molecule has 7 heteroatoms. The first-order chi connectivity index (χ1) is 8.42. The summed E-state index contributed by atoms with van der Waals surface area (Å²) < 4.78 is 42.0. The number of hydrogen-bond acceptors (Lipinski definition) is 4. The Morgan fingerprint density at radius 1 is 1.28 bits per heavy atom. The molecule has 1 atom stereocenters. The molecule has 1 fully saturated rings. The van der Waals surface area contributed by atoms with Crippen molar-refractivity contribution in [3.8, 4) is 0 Å². The molecule has 1 unspecified atom stereocenters. The van der Waals surface area contributed by atoms with Gasteiger partial charge in [0.15, 0.2) is 0 Å². The summed E-state index contributed by atoms with van der Waals surface area (Å²) in [4.78, 5) is 3.56. The van der Waals surface area contributed by atoms with Crippen LogP contribution in [0.4, 0.5) is 13.2 Å². The SMILES string of the molecule is CC1CN(CCOCCO)CCN1CC(F)(F)F. The van der Waals surface area contributed by atoms with E-state index in [4.69, 9.17) is 9.84 Å². The van der Waals surface area contributed by atoms with Crippen LogP contribution < -0.4 is 0 Å². The molecule has 0 amide bonds. The van der Waals surface area contributed by atoms with Crippen LogP contribution in [0.25, 0.3) is 0 Å². The minimum Gasteiger partial charge on any atom is -0.394 e. The summed E-state index contributed by atoms with van der Waals surface area (Å²) in [5.41, 5.74) is 0. The van der Waals surface area contributed by atoms with Crippen molar-refractivity contribution >= 4 is 0 Å². The molecule has 1 N–H and O–H groups in total. The molecule has 0 aliphatic carbocycles. The number of aliphatic hydroxyl groups is 1. The van der Waals surface area contributed by atoms with Crippen molar-refractivity contribution < 1.29 is 23.0 Å². The zero-order chi connectivity index (χ0) is 13.6. The lowest BCUT2D eigenvalue weighted by Gasteiger charge is -2.40. The van der Waals surface area contributed by atoms with Crippen LogP contribution in [0.2, 0.25) is 0 Å². The maximum atomic E-state index is 12.3. The quantitative estimate of drug-likeness (QED) is 0.716. The van der Waals surface area contributed by atoms with E-state index in [1.54, 1.807) is 0 Å². The largest absolute Gasteiger partial charge is 0.401 e. The number of rotatable bonds is 6.